The molecule has 0 fully saturated rings. The Labute approximate surface area is 121 Å². The Hall–Kier alpha value is -1.98. The molecule has 1 aromatic carbocycles. The smallest absolute Gasteiger partial charge is 0.231 e. The second kappa shape index (κ2) is 5.56. The third-order valence-electron chi connectivity index (χ3n) is 3.30. The minimum atomic E-state index is -0.159. The summed E-state index contributed by atoms with van der Waals surface area (Å²) in [6, 6.07) is 13.7. The summed E-state index contributed by atoms with van der Waals surface area (Å²) >= 11 is 1.59. The third-order valence-corrected chi connectivity index (χ3v) is 4.16. The van der Waals surface area contributed by atoms with Crippen molar-refractivity contribution in [2.45, 2.75) is 18.9 Å². The molecule has 3 aromatic rings. The highest BCUT2D eigenvalue weighted by atomic mass is 32.1. The largest absolute Gasteiger partial charge is 0.339 e. The SMILES string of the molecule is CC(c1nc(-c2cccs2)no1)C(N)c1ccccc1. The van der Waals surface area contributed by atoms with Crippen LogP contribution in [0.2, 0.25) is 0 Å². The summed E-state index contributed by atoms with van der Waals surface area (Å²) in [4.78, 5) is 5.45. The van der Waals surface area contributed by atoms with Crippen molar-refractivity contribution in [1.29, 1.82) is 0 Å². The molecule has 2 heterocycles. The lowest BCUT2D eigenvalue weighted by Gasteiger charge is -2.16. The van der Waals surface area contributed by atoms with Crippen LogP contribution in [0.5, 0.6) is 0 Å². The maximum Gasteiger partial charge on any atom is 0.231 e. The van der Waals surface area contributed by atoms with Gasteiger partial charge < -0.3 is 10.3 Å². The fraction of sp³-hybridized carbons (Fsp3) is 0.200. The van der Waals surface area contributed by atoms with E-state index in [9.17, 15) is 0 Å². The number of hydrogen-bond acceptors (Lipinski definition) is 5. The van der Waals surface area contributed by atoms with Crippen molar-refractivity contribution in [1.82, 2.24) is 10.1 Å². The molecule has 0 radical (unpaired) electrons. The predicted octanol–water partition coefficient (Wildman–Crippen LogP) is 3.60. The molecule has 2 unspecified atom stereocenters. The van der Waals surface area contributed by atoms with Crippen LogP contribution in [0.25, 0.3) is 10.7 Å². The fourth-order valence-electron chi connectivity index (χ4n) is 2.04. The van der Waals surface area contributed by atoms with Crippen molar-refractivity contribution < 1.29 is 4.52 Å². The topological polar surface area (TPSA) is 64.9 Å². The highest BCUT2D eigenvalue weighted by Gasteiger charge is 2.23. The van der Waals surface area contributed by atoms with Gasteiger partial charge in [-0.25, -0.2) is 0 Å². The van der Waals surface area contributed by atoms with Gasteiger partial charge in [0.2, 0.25) is 11.7 Å². The normalized spacial score (nSPS) is 14.1. The molecule has 0 bridgehead atoms. The number of nitrogens with two attached hydrogens (primary N) is 1. The first kappa shape index (κ1) is 13.0. The maximum absolute atomic E-state index is 6.27. The number of hydrogen-bond donors (Lipinski definition) is 1. The van der Waals surface area contributed by atoms with Gasteiger partial charge in [-0.1, -0.05) is 48.5 Å². The summed E-state index contributed by atoms with van der Waals surface area (Å²) in [5.74, 6) is 1.17. The van der Waals surface area contributed by atoms with Crippen molar-refractivity contribution in [2.75, 3.05) is 0 Å². The summed E-state index contributed by atoms with van der Waals surface area (Å²) in [5, 5.41) is 6.02. The molecular formula is C15H15N3OS. The van der Waals surface area contributed by atoms with Gasteiger partial charge in [0, 0.05) is 6.04 Å². The van der Waals surface area contributed by atoms with Crippen LogP contribution in [0.3, 0.4) is 0 Å². The van der Waals surface area contributed by atoms with E-state index in [1.54, 1.807) is 11.3 Å². The summed E-state index contributed by atoms with van der Waals surface area (Å²) < 4.78 is 5.36. The summed E-state index contributed by atoms with van der Waals surface area (Å²) in [7, 11) is 0. The van der Waals surface area contributed by atoms with Gasteiger partial charge in [0.05, 0.1) is 10.8 Å². The zero-order valence-corrected chi connectivity index (χ0v) is 11.9. The Morgan fingerprint density at radius 3 is 2.65 bits per heavy atom. The lowest BCUT2D eigenvalue weighted by atomic mass is 9.95. The van der Waals surface area contributed by atoms with Crippen LogP contribution < -0.4 is 5.73 Å². The molecule has 0 aliphatic carbocycles. The summed E-state index contributed by atoms with van der Waals surface area (Å²) in [5.41, 5.74) is 7.34. The fourth-order valence-corrected chi connectivity index (χ4v) is 2.69. The first-order chi connectivity index (χ1) is 9.75. The Balaban J connectivity index is 1.82. The van der Waals surface area contributed by atoms with Gasteiger partial charge in [-0.15, -0.1) is 11.3 Å². The van der Waals surface area contributed by atoms with Crippen LogP contribution in [0.4, 0.5) is 0 Å². The number of thiophene rings is 1. The molecular weight excluding hydrogens is 270 g/mol. The molecule has 5 heteroatoms. The highest BCUT2D eigenvalue weighted by Crippen LogP contribution is 2.29. The van der Waals surface area contributed by atoms with Gasteiger partial charge in [-0.2, -0.15) is 4.98 Å². The van der Waals surface area contributed by atoms with Gasteiger partial charge in [-0.05, 0) is 17.0 Å². The number of nitrogens with zero attached hydrogens (tertiary/aromatic N) is 2. The minimum Gasteiger partial charge on any atom is -0.339 e. The van der Waals surface area contributed by atoms with Crippen molar-refractivity contribution >= 4 is 11.3 Å². The molecule has 0 spiro atoms. The Morgan fingerprint density at radius 1 is 1.15 bits per heavy atom. The Kier molecular flexibility index (Phi) is 3.62. The first-order valence-corrected chi connectivity index (χ1v) is 7.31. The Morgan fingerprint density at radius 2 is 1.95 bits per heavy atom. The second-order valence-electron chi connectivity index (χ2n) is 4.66. The van der Waals surface area contributed by atoms with E-state index in [1.807, 2.05) is 54.8 Å². The molecule has 20 heavy (non-hydrogen) atoms. The Bertz CT molecular complexity index is 664. The molecule has 0 saturated heterocycles. The van der Waals surface area contributed by atoms with Gasteiger partial charge in [0.25, 0.3) is 0 Å². The summed E-state index contributed by atoms with van der Waals surface area (Å²) in [6.45, 7) is 2.00. The number of benzene rings is 1. The number of rotatable bonds is 4. The van der Waals surface area contributed by atoms with E-state index < -0.39 is 0 Å². The molecule has 102 valence electrons. The lowest BCUT2D eigenvalue weighted by molar-refractivity contribution is 0.344. The van der Waals surface area contributed by atoms with E-state index in [2.05, 4.69) is 10.1 Å². The van der Waals surface area contributed by atoms with Crippen LogP contribution >= 0.6 is 11.3 Å². The number of aromatic nitrogens is 2. The van der Waals surface area contributed by atoms with E-state index in [-0.39, 0.29) is 12.0 Å². The first-order valence-electron chi connectivity index (χ1n) is 6.43. The van der Waals surface area contributed by atoms with Crippen LogP contribution in [0, 0.1) is 0 Å². The third kappa shape index (κ3) is 2.50. The van der Waals surface area contributed by atoms with E-state index in [0.717, 1.165) is 10.4 Å². The van der Waals surface area contributed by atoms with Gasteiger partial charge >= 0.3 is 0 Å². The molecule has 2 atom stereocenters. The van der Waals surface area contributed by atoms with Gasteiger partial charge in [0.15, 0.2) is 0 Å². The van der Waals surface area contributed by atoms with Gasteiger partial charge in [0.1, 0.15) is 0 Å². The van der Waals surface area contributed by atoms with Gasteiger partial charge in [-0.3, -0.25) is 0 Å². The quantitative estimate of drug-likeness (QED) is 0.795. The van der Waals surface area contributed by atoms with E-state index in [0.29, 0.717) is 11.7 Å². The zero-order valence-electron chi connectivity index (χ0n) is 11.1. The molecule has 0 saturated carbocycles. The lowest BCUT2D eigenvalue weighted by Crippen LogP contribution is -2.17. The average molecular weight is 285 g/mol. The van der Waals surface area contributed by atoms with E-state index in [4.69, 9.17) is 10.3 Å². The molecule has 0 aliphatic heterocycles. The monoisotopic (exact) mass is 285 g/mol. The average Bonchev–Trinajstić information content (AvgIpc) is 3.17. The van der Waals surface area contributed by atoms with Crippen LogP contribution in [-0.4, -0.2) is 10.1 Å². The van der Waals surface area contributed by atoms with Crippen molar-refractivity contribution in [3.8, 4) is 10.7 Å². The molecule has 0 amide bonds. The van der Waals surface area contributed by atoms with Crippen LogP contribution in [0.15, 0.2) is 52.4 Å². The maximum atomic E-state index is 6.27. The zero-order chi connectivity index (χ0) is 13.9. The van der Waals surface area contributed by atoms with Crippen molar-refractivity contribution in [3.63, 3.8) is 0 Å². The van der Waals surface area contributed by atoms with Crippen LogP contribution in [0.1, 0.15) is 30.3 Å². The molecule has 4 nitrogen and oxygen atoms in total. The molecule has 3 rings (SSSR count). The summed E-state index contributed by atoms with van der Waals surface area (Å²) in [6.07, 6.45) is 0. The highest BCUT2D eigenvalue weighted by molar-refractivity contribution is 7.13. The van der Waals surface area contributed by atoms with Crippen LogP contribution in [-0.2, 0) is 0 Å². The van der Waals surface area contributed by atoms with E-state index >= 15 is 0 Å². The minimum absolute atomic E-state index is 0.0291. The second-order valence-corrected chi connectivity index (χ2v) is 5.61. The standard InChI is InChI=1S/C15H15N3OS/c1-10(13(16)11-6-3-2-4-7-11)15-17-14(18-19-15)12-8-5-9-20-12/h2-10,13H,16H2,1H3. The van der Waals surface area contributed by atoms with Crippen molar-refractivity contribution in [3.05, 3.63) is 59.3 Å². The van der Waals surface area contributed by atoms with Crippen molar-refractivity contribution in [2.24, 2.45) is 5.73 Å². The predicted molar refractivity (Wildman–Crippen MR) is 79.4 cm³/mol. The van der Waals surface area contributed by atoms with E-state index in [1.165, 1.54) is 0 Å². The molecule has 0 aliphatic rings. The molecule has 2 N–H and O–H groups in total. The molecule has 2 aromatic heterocycles.